The topological polar surface area (TPSA) is 58.7 Å². The molecule has 2 fully saturated rings. The van der Waals surface area contributed by atoms with Crippen molar-refractivity contribution in [1.29, 1.82) is 0 Å². The SMILES string of the molecule is O=C(Nc1cccc(Cl)c1)NC1C[C@H]2CCC[C@@H](C1)[NH+]2Cc1ccco1. The van der Waals surface area contributed by atoms with Gasteiger partial charge in [0.2, 0.25) is 0 Å². The molecule has 2 aliphatic rings. The fourth-order valence-corrected chi connectivity index (χ4v) is 4.77. The van der Waals surface area contributed by atoms with Crippen molar-refractivity contribution in [2.75, 3.05) is 5.32 Å². The fraction of sp³-hybridized carbons (Fsp3) is 0.450. The van der Waals surface area contributed by atoms with Gasteiger partial charge in [0.1, 0.15) is 6.54 Å². The highest BCUT2D eigenvalue weighted by Gasteiger charge is 2.42. The van der Waals surface area contributed by atoms with Crippen LogP contribution in [0.2, 0.25) is 5.02 Å². The maximum atomic E-state index is 12.4. The molecular formula is C20H25ClN3O2+. The van der Waals surface area contributed by atoms with Crippen molar-refractivity contribution in [3.8, 4) is 0 Å². The summed E-state index contributed by atoms with van der Waals surface area (Å²) in [4.78, 5) is 14.0. The van der Waals surface area contributed by atoms with E-state index < -0.39 is 0 Å². The molecule has 0 radical (unpaired) electrons. The summed E-state index contributed by atoms with van der Waals surface area (Å²) in [6.07, 6.45) is 7.53. The Labute approximate surface area is 158 Å². The number of hydrogen-bond donors (Lipinski definition) is 3. The number of piperidine rings is 2. The summed E-state index contributed by atoms with van der Waals surface area (Å²) in [6, 6.07) is 12.5. The van der Waals surface area contributed by atoms with Crippen LogP contribution in [-0.2, 0) is 6.54 Å². The van der Waals surface area contributed by atoms with Crippen LogP contribution in [0.1, 0.15) is 37.9 Å². The monoisotopic (exact) mass is 374 g/mol. The zero-order chi connectivity index (χ0) is 17.9. The van der Waals surface area contributed by atoms with Gasteiger partial charge in [-0.2, -0.15) is 0 Å². The first-order chi connectivity index (χ1) is 12.7. The molecule has 0 aliphatic carbocycles. The Kier molecular flexibility index (Phi) is 5.18. The second-order valence-electron chi connectivity index (χ2n) is 7.43. The maximum absolute atomic E-state index is 12.4. The number of anilines is 1. The molecule has 2 unspecified atom stereocenters. The van der Waals surface area contributed by atoms with Gasteiger partial charge in [0.25, 0.3) is 0 Å². The minimum Gasteiger partial charge on any atom is -0.463 e. The van der Waals surface area contributed by atoms with Crippen molar-refractivity contribution in [3.05, 3.63) is 53.4 Å². The van der Waals surface area contributed by atoms with E-state index in [4.69, 9.17) is 16.0 Å². The Morgan fingerprint density at radius 1 is 1.19 bits per heavy atom. The third-order valence-electron chi connectivity index (χ3n) is 5.67. The van der Waals surface area contributed by atoms with E-state index in [1.165, 1.54) is 19.3 Å². The number of hydrogen-bond acceptors (Lipinski definition) is 2. The highest BCUT2D eigenvalue weighted by atomic mass is 35.5. The van der Waals surface area contributed by atoms with Crippen LogP contribution >= 0.6 is 11.6 Å². The van der Waals surface area contributed by atoms with Crippen molar-refractivity contribution < 1.29 is 14.1 Å². The number of furan rings is 1. The molecule has 5 nitrogen and oxygen atoms in total. The second-order valence-corrected chi connectivity index (χ2v) is 7.87. The lowest BCUT2D eigenvalue weighted by Crippen LogP contribution is -3.20. The predicted octanol–water partition coefficient (Wildman–Crippen LogP) is 3.22. The number of nitrogens with one attached hydrogen (secondary N) is 3. The third-order valence-corrected chi connectivity index (χ3v) is 5.90. The largest absolute Gasteiger partial charge is 0.463 e. The van der Waals surface area contributed by atoms with Crippen LogP contribution in [0, 0.1) is 0 Å². The van der Waals surface area contributed by atoms with Gasteiger partial charge in [-0.05, 0) is 49.6 Å². The summed E-state index contributed by atoms with van der Waals surface area (Å²) in [5, 5.41) is 6.67. The van der Waals surface area contributed by atoms with Gasteiger partial charge in [-0.1, -0.05) is 17.7 Å². The molecule has 26 heavy (non-hydrogen) atoms. The average molecular weight is 375 g/mol. The number of carbonyl (C=O) groups is 1. The van der Waals surface area contributed by atoms with E-state index in [9.17, 15) is 4.79 Å². The van der Waals surface area contributed by atoms with Crippen LogP contribution < -0.4 is 15.5 Å². The lowest BCUT2D eigenvalue weighted by atomic mass is 9.81. The van der Waals surface area contributed by atoms with Gasteiger partial charge in [-0.15, -0.1) is 0 Å². The zero-order valence-corrected chi connectivity index (χ0v) is 15.5. The Bertz CT molecular complexity index is 735. The molecular weight excluding hydrogens is 350 g/mol. The molecule has 6 heteroatoms. The van der Waals surface area contributed by atoms with Crippen LogP contribution in [0.5, 0.6) is 0 Å². The van der Waals surface area contributed by atoms with Crippen molar-refractivity contribution in [1.82, 2.24) is 5.32 Å². The van der Waals surface area contributed by atoms with E-state index in [0.717, 1.165) is 30.8 Å². The van der Waals surface area contributed by atoms with Gasteiger partial charge < -0.3 is 20.0 Å². The van der Waals surface area contributed by atoms with E-state index >= 15 is 0 Å². The Morgan fingerprint density at radius 3 is 2.69 bits per heavy atom. The Morgan fingerprint density at radius 2 is 2.00 bits per heavy atom. The van der Waals surface area contributed by atoms with Gasteiger partial charge in [0.15, 0.2) is 5.76 Å². The molecule has 3 heterocycles. The average Bonchev–Trinajstić information content (AvgIpc) is 3.08. The Balaban J connectivity index is 1.35. The summed E-state index contributed by atoms with van der Waals surface area (Å²) >= 11 is 5.98. The molecule has 1 aromatic heterocycles. The molecule has 2 aromatic rings. The number of amides is 2. The first-order valence-corrected chi connectivity index (χ1v) is 9.76. The number of rotatable bonds is 4. The molecule has 138 valence electrons. The minimum absolute atomic E-state index is 0.148. The standard InChI is InChI=1S/C20H24ClN3O2/c21-14-4-1-5-15(10-14)22-20(25)23-16-11-17-6-2-7-18(12-16)24(17)13-19-8-3-9-26-19/h1,3-5,8-10,16-18H,2,6-7,11-13H2,(H2,22,23,25)/p+1/t16?,17-,18+. The molecule has 2 saturated heterocycles. The third kappa shape index (κ3) is 4.05. The zero-order valence-electron chi connectivity index (χ0n) is 14.7. The molecule has 0 spiro atoms. The lowest BCUT2D eigenvalue weighted by molar-refractivity contribution is -0.974. The summed E-state index contributed by atoms with van der Waals surface area (Å²) in [5.74, 6) is 1.06. The lowest BCUT2D eigenvalue weighted by Gasteiger charge is -2.45. The van der Waals surface area contributed by atoms with Crippen LogP contribution in [0.25, 0.3) is 0 Å². The smallest absolute Gasteiger partial charge is 0.319 e. The highest BCUT2D eigenvalue weighted by Crippen LogP contribution is 2.23. The molecule has 2 bridgehead atoms. The van der Waals surface area contributed by atoms with Crippen molar-refractivity contribution >= 4 is 23.3 Å². The van der Waals surface area contributed by atoms with E-state index in [1.54, 1.807) is 23.3 Å². The summed E-state index contributed by atoms with van der Waals surface area (Å²) in [6.45, 7) is 0.948. The molecule has 4 rings (SSSR count). The maximum Gasteiger partial charge on any atom is 0.319 e. The van der Waals surface area contributed by atoms with Crippen LogP contribution in [-0.4, -0.2) is 24.2 Å². The number of halogens is 1. The van der Waals surface area contributed by atoms with Crippen molar-refractivity contribution in [2.24, 2.45) is 0 Å². The van der Waals surface area contributed by atoms with Crippen LogP contribution in [0.4, 0.5) is 10.5 Å². The van der Waals surface area contributed by atoms with Crippen LogP contribution in [0.3, 0.4) is 0 Å². The molecule has 1 aromatic carbocycles. The summed E-state index contributed by atoms with van der Waals surface area (Å²) < 4.78 is 5.56. The molecule has 0 saturated carbocycles. The van der Waals surface area contributed by atoms with Crippen molar-refractivity contribution in [2.45, 2.75) is 56.8 Å². The number of quaternary nitrogens is 1. The van der Waals surface area contributed by atoms with Gasteiger partial charge >= 0.3 is 6.03 Å². The quantitative estimate of drug-likeness (QED) is 0.769. The van der Waals surface area contributed by atoms with Crippen LogP contribution in [0.15, 0.2) is 47.1 Å². The highest BCUT2D eigenvalue weighted by molar-refractivity contribution is 6.30. The first-order valence-electron chi connectivity index (χ1n) is 9.38. The van der Waals surface area contributed by atoms with E-state index in [2.05, 4.69) is 16.7 Å². The number of benzene rings is 1. The van der Waals surface area contributed by atoms with E-state index in [-0.39, 0.29) is 12.1 Å². The van der Waals surface area contributed by atoms with Gasteiger partial charge in [-0.25, -0.2) is 4.79 Å². The number of fused-ring (bicyclic) bond motifs is 2. The molecule has 3 N–H and O–H groups in total. The fourth-order valence-electron chi connectivity index (χ4n) is 4.58. The summed E-state index contributed by atoms with van der Waals surface area (Å²) in [5.41, 5.74) is 0.719. The molecule has 2 aliphatic heterocycles. The first kappa shape index (κ1) is 17.4. The number of urea groups is 1. The van der Waals surface area contributed by atoms with Gasteiger partial charge in [-0.3, -0.25) is 0 Å². The van der Waals surface area contributed by atoms with E-state index in [1.807, 2.05) is 18.2 Å². The van der Waals surface area contributed by atoms with E-state index in [0.29, 0.717) is 17.1 Å². The van der Waals surface area contributed by atoms with Gasteiger partial charge in [0.05, 0.1) is 18.3 Å². The molecule has 2 amide bonds. The molecule has 4 atom stereocenters. The minimum atomic E-state index is -0.148. The summed E-state index contributed by atoms with van der Waals surface area (Å²) in [7, 11) is 0. The Hall–Kier alpha value is -1.98. The van der Waals surface area contributed by atoms with Gasteiger partial charge in [0, 0.05) is 29.6 Å². The number of carbonyl (C=O) groups excluding carboxylic acids is 1. The van der Waals surface area contributed by atoms with Crippen molar-refractivity contribution in [3.63, 3.8) is 0 Å². The predicted molar refractivity (Wildman–Crippen MR) is 101 cm³/mol. The second kappa shape index (κ2) is 7.72. The normalized spacial score (nSPS) is 27.7.